The molecule has 2 aromatic carbocycles. The number of carboxylic acids is 1. The van der Waals surface area contributed by atoms with E-state index in [-0.39, 0.29) is 17.8 Å². The van der Waals surface area contributed by atoms with Gasteiger partial charge in [-0.2, -0.15) is 0 Å². The lowest BCUT2D eigenvalue weighted by Crippen LogP contribution is -2.30. The van der Waals surface area contributed by atoms with Crippen LogP contribution in [0.4, 0.5) is 4.39 Å². The average molecular weight is 404 g/mol. The molecule has 0 aliphatic heterocycles. The molecule has 28 heavy (non-hydrogen) atoms. The van der Waals surface area contributed by atoms with E-state index in [1.54, 1.807) is 30.3 Å². The highest BCUT2D eigenvalue weighted by molar-refractivity contribution is 6.30. The minimum Gasteiger partial charge on any atom is -0.481 e. The lowest BCUT2D eigenvalue weighted by molar-refractivity contribution is -0.137. The molecule has 0 aliphatic rings. The van der Waals surface area contributed by atoms with Crippen molar-refractivity contribution in [2.45, 2.75) is 12.5 Å². The molecule has 0 radical (unpaired) electrons. The summed E-state index contributed by atoms with van der Waals surface area (Å²) in [5, 5.41) is 14.6. The minimum atomic E-state index is -1.12. The fourth-order valence-corrected chi connectivity index (χ4v) is 2.91. The highest BCUT2D eigenvalue weighted by atomic mass is 35.5. The Morgan fingerprint density at radius 3 is 2.61 bits per heavy atom. The van der Waals surface area contributed by atoms with Crippen molar-refractivity contribution in [2.75, 3.05) is 0 Å². The van der Waals surface area contributed by atoms with E-state index in [2.05, 4.69) is 10.4 Å². The number of para-hydroxylation sites is 1. The summed E-state index contributed by atoms with van der Waals surface area (Å²) in [6, 6.07) is 12.2. The van der Waals surface area contributed by atoms with Gasteiger partial charge >= 0.3 is 5.97 Å². The number of aromatic nitrogens is 2. The molecule has 0 aliphatic carbocycles. The van der Waals surface area contributed by atoms with Crippen LogP contribution in [0.3, 0.4) is 0 Å². The molecule has 1 amide bonds. The van der Waals surface area contributed by atoms with E-state index in [1.807, 2.05) is 0 Å². The van der Waals surface area contributed by atoms with Gasteiger partial charge in [-0.25, -0.2) is 9.07 Å². The molecule has 7 nitrogen and oxygen atoms in total. The van der Waals surface area contributed by atoms with E-state index in [0.29, 0.717) is 10.6 Å². The molecule has 0 spiro atoms. The topological polar surface area (TPSA) is 104 Å². The average Bonchev–Trinajstić information content (AvgIpc) is 3.03. The lowest BCUT2D eigenvalue weighted by Gasteiger charge is -2.17. The van der Waals surface area contributed by atoms with Crippen molar-refractivity contribution < 1.29 is 19.1 Å². The van der Waals surface area contributed by atoms with Crippen LogP contribution in [0.2, 0.25) is 5.02 Å². The number of carboxylic acid groups (broad SMARTS) is 1. The molecular weight excluding hydrogens is 389 g/mol. The van der Waals surface area contributed by atoms with Crippen molar-refractivity contribution >= 4 is 23.5 Å². The number of aliphatic carboxylic acids is 1. The predicted molar refractivity (Wildman–Crippen MR) is 100 cm³/mol. The van der Waals surface area contributed by atoms with Crippen molar-refractivity contribution in [3.8, 4) is 5.69 Å². The molecule has 1 heterocycles. The molecule has 3 N–H and O–H groups in total. The number of nitrogens with zero attached hydrogens (tertiary/aromatic N) is 1. The summed E-state index contributed by atoms with van der Waals surface area (Å²) in [6.07, 6.45) is -0.385. The van der Waals surface area contributed by atoms with Crippen LogP contribution in [0, 0.1) is 5.82 Å². The van der Waals surface area contributed by atoms with E-state index in [4.69, 9.17) is 16.7 Å². The number of halogens is 2. The number of carbonyl (C=O) groups is 2. The van der Waals surface area contributed by atoms with Crippen molar-refractivity contribution in [1.29, 1.82) is 0 Å². The van der Waals surface area contributed by atoms with E-state index in [9.17, 15) is 18.8 Å². The van der Waals surface area contributed by atoms with Gasteiger partial charge in [0, 0.05) is 11.1 Å². The monoisotopic (exact) mass is 403 g/mol. The Kier molecular flexibility index (Phi) is 5.60. The standard InChI is InChI=1S/C19H15ClFN3O4/c20-12-5-3-4-11(8-12)14(10-18(26)27)22-19(28)15-9-17(25)24(23-15)16-7-2-1-6-13(16)21/h1-9,14,23H,10H2,(H,22,28)(H,26,27)/t14-/m0/s1. The summed E-state index contributed by atoms with van der Waals surface area (Å²) in [5.74, 6) is -2.47. The molecule has 0 saturated heterocycles. The first-order valence-electron chi connectivity index (χ1n) is 8.20. The van der Waals surface area contributed by atoms with Crippen LogP contribution >= 0.6 is 11.6 Å². The summed E-state index contributed by atoms with van der Waals surface area (Å²) >= 11 is 5.94. The van der Waals surface area contributed by atoms with E-state index >= 15 is 0 Å². The zero-order valence-electron chi connectivity index (χ0n) is 14.4. The third-order valence-corrected chi connectivity index (χ3v) is 4.23. The van der Waals surface area contributed by atoms with Crippen LogP contribution < -0.4 is 10.9 Å². The number of hydrogen-bond acceptors (Lipinski definition) is 3. The van der Waals surface area contributed by atoms with Gasteiger partial charge in [0.1, 0.15) is 17.2 Å². The Labute approximate surface area is 163 Å². The summed E-state index contributed by atoms with van der Waals surface area (Å²) in [7, 11) is 0. The first-order chi connectivity index (χ1) is 13.3. The Morgan fingerprint density at radius 2 is 1.93 bits per heavy atom. The molecule has 0 saturated carbocycles. The third-order valence-electron chi connectivity index (χ3n) is 3.99. The minimum absolute atomic E-state index is 0.0384. The van der Waals surface area contributed by atoms with Crippen LogP contribution in [0.1, 0.15) is 28.5 Å². The van der Waals surface area contributed by atoms with Gasteiger partial charge in [0.05, 0.1) is 12.5 Å². The van der Waals surface area contributed by atoms with Crippen molar-refractivity contribution in [1.82, 2.24) is 15.1 Å². The second-order valence-corrected chi connectivity index (χ2v) is 6.41. The largest absolute Gasteiger partial charge is 0.481 e. The summed E-state index contributed by atoms with van der Waals surface area (Å²) < 4.78 is 14.8. The molecular formula is C19H15ClFN3O4. The Morgan fingerprint density at radius 1 is 1.18 bits per heavy atom. The van der Waals surface area contributed by atoms with Gasteiger partial charge in [-0.1, -0.05) is 35.9 Å². The molecule has 1 aromatic heterocycles. The Balaban J connectivity index is 1.89. The zero-order valence-corrected chi connectivity index (χ0v) is 15.1. The fraction of sp³-hybridized carbons (Fsp3) is 0.105. The van der Waals surface area contributed by atoms with Gasteiger partial charge in [-0.05, 0) is 29.8 Å². The molecule has 1 atom stereocenters. The Bertz CT molecular complexity index is 1090. The van der Waals surface area contributed by atoms with E-state index in [1.165, 1.54) is 18.2 Å². The van der Waals surface area contributed by atoms with Crippen LogP contribution in [0.5, 0.6) is 0 Å². The molecule has 0 unspecified atom stereocenters. The highest BCUT2D eigenvalue weighted by Gasteiger charge is 2.21. The molecule has 9 heteroatoms. The number of nitrogens with one attached hydrogen (secondary N) is 2. The van der Waals surface area contributed by atoms with Gasteiger partial charge in [-0.3, -0.25) is 19.5 Å². The van der Waals surface area contributed by atoms with Crippen LogP contribution in [-0.2, 0) is 4.79 Å². The first kappa shape index (κ1) is 19.4. The Hall–Kier alpha value is -3.39. The SMILES string of the molecule is O=C(O)C[C@H](NC(=O)c1cc(=O)n(-c2ccccc2F)[nH]1)c1cccc(Cl)c1. The molecule has 0 bridgehead atoms. The van der Waals surface area contributed by atoms with Crippen LogP contribution in [0.25, 0.3) is 5.69 Å². The number of amides is 1. The maximum absolute atomic E-state index is 13.9. The van der Waals surface area contributed by atoms with Gasteiger partial charge in [0.15, 0.2) is 0 Å². The number of aromatic amines is 1. The van der Waals surface area contributed by atoms with Gasteiger partial charge in [0.2, 0.25) is 0 Å². The van der Waals surface area contributed by atoms with E-state index < -0.39 is 29.3 Å². The van der Waals surface area contributed by atoms with Crippen LogP contribution in [0.15, 0.2) is 59.4 Å². The third kappa shape index (κ3) is 4.29. The molecule has 3 aromatic rings. The fourth-order valence-electron chi connectivity index (χ4n) is 2.71. The maximum atomic E-state index is 13.9. The van der Waals surface area contributed by atoms with Gasteiger partial charge in [-0.15, -0.1) is 0 Å². The zero-order chi connectivity index (χ0) is 20.3. The molecule has 144 valence electrons. The second-order valence-electron chi connectivity index (χ2n) is 5.97. The quantitative estimate of drug-likeness (QED) is 0.588. The number of carbonyl (C=O) groups excluding carboxylic acids is 1. The summed E-state index contributed by atoms with van der Waals surface area (Å²) in [5.41, 5.74) is -0.305. The van der Waals surface area contributed by atoms with Gasteiger partial charge < -0.3 is 10.4 Å². The van der Waals surface area contributed by atoms with Crippen molar-refractivity contribution in [2.24, 2.45) is 0 Å². The number of hydrogen-bond donors (Lipinski definition) is 3. The summed E-state index contributed by atoms with van der Waals surface area (Å²) in [6.45, 7) is 0. The van der Waals surface area contributed by atoms with Gasteiger partial charge in [0.25, 0.3) is 11.5 Å². The van der Waals surface area contributed by atoms with Crippen molar-refractivity contribution in [3.05, 3.63) is 87.0 Å². The maximum Gasteiger partial charge on any atom is 0.305 e. The van der Waals surface area contributed by atoms with E-state index in [0.717, 1.165) is 10.7 Å². The molecule has 0 fully saturated rings. The molecule has 3 rings (SSSR count). The predicted octanol–water partition coefficient (Wildman–Crippen LogP) is 2.90. The van der Waals surface area contributed by atoms with Crippen molar-refractivity contribution in [3.63, 3.8) is 0 Å². The normalized spacial score (nSPS) is 11.8. The number of H-pyrrole nitrogens is 1. The lowest BCUT2D eigenvalue weighted by atomic mass is 10.0. The second kappa shape index (κ2) is 8.10. The van der Waals surface area contributed by atoms with Crippen LogP contribution in [-0.4, -0.2) is 26.8 Å². The highest BCUT2D eigenvalue weighted by Crippen LogP contribution is 2.21. The number of rotatable bonds is 6. The number of benzene rings is 2. The first-order valence-corrected chi connectivity index (χ1v) is 8.58. The smallest absolute Gasteiger partial charge is 0.305 e. The summed E-state index contributed by atoms with van der Waals surface area (Å²) in [4.78, 5) is 35.9.